The predicted molar refractivity (Wildman–Crippen MR) is 89.6 cm³/mol. The van der Waals surface area contributed by atoms with Crippen molar-refractivity contribution in [2.24, 2.45) is 0 Å². The van der Waals surface area contributed by atoms with Crippen LogP contribution in [0.4, 0.5) is 0 Å². The molecule has 1 aliphatic rings. The average molecular weight is 310 g/mol. The van der Waals surface area contributed by atoms with Gasteiger partial charge in [0.2, 0.25) is 0 Å². The summed E-state index contributed by atoms with van der Waals surface area (Å²) in [4.78, 5) is 20.9. The SMILES string of the molecule is CN(NC(=O)c1cnc(-c2ccccc2)nc1)C1CCCCC1. The van der Waals surface area contributed by atoms with E-state index >= 15 is 0 Å². The zero-order valence-corrected chi connectivity index (χ0v) is 13.4. The smallest absolute Gasteiger partial charge is 0.268 e. The largest absolute Gasteiger partial charge is 0.285 e. The van der Waals surface area contributed by atoms with Crippen LogP contribution in [0, 0.1) is 0 Å². The number of carbonyl (C=O) groups is 1. The Hall–Kier alpha value is -2.27. The zero-order valence-electron chi connectivity index (χ0n) is 13.4. The molecule has 1 fully saturated rings. The molecule has 0 saturated heterocycles. The van der Waals surface area contributed by atoms with Gasteiger partial charge in [0, 0.05) is 31.0 Å². The van der Waals surface area contributed by atoms with Gasteiger partial charge in [-0.25, -0.2) is 15.0 Å². The van der Waals surface area contributed by atoms with Crippen LogP contribution in [0.25, 0.3) is 11.4 Å². The fourth-order valence-electron chi connectivity index (χ4n) is 2.97. The molecule has 0 bridgehead atoms. The number of hydrogen-bond acceptors (Lipinski definition) is 4. The van der Waals surface area contributed by atoms with Crippen molar-refractivity contribution in [1.29, 1.82) is 0 Å². The van der Waals surface area contributed by atoms with E-state index in [1.807, 2.05) is 42.4 Å². The van der Waals surface area contributed by atoms with Crippen molar-refractivity contribution in [3.8, 4) is 11.4 Å². The summed E-state index contributed by atoms with van der Waals surface area (Å²) in [6.07, 6.45) is 9.21. The molecular weight excluding hydrogens is 288 g/mol. The Morgan fingerprint density at radius 1 is 1.09 bits per heavy atom. The summed E-state index contributed by atoms with van der Waals surface area (Å²) in [5.74, 6) is 0.473. The standard InChI is InChI=1S/C18H22N4O/c1-22(16-10-6-3-7-11-16)21-18(23)15-12-19-17(20-13-15)14-8-4-2-5-9-14/h2,4-5,8-9,12-13,16H,3,6-7,10-11H2,1H3,(H,21,23). The Labute approximate surface area is 136 Å². The molecule has 1 aliphatic carbocycles. The highest BCUT2D eigenvalue weighted by molar-refractivity contribution is 5.93. The Morgan fingerprint density at radius 3 is 2.39 bits per heavy atom. The molecule has 5 nitrogen and oxygen atoms in total. The predicted octanol–water partition coefficient (Wildman–Crippen LogP) is 3.05. The van der Waals surface area contributed by atoms with Crippen LogP contribution >= 0.6 is 0 Å². The van der Waals surface area contributed by atoms with Crippen LogP contribution in [0.1, 0.15) is 42.5 Å². The summed E-state index contributed by atoms with van der Waals surface area (Å²) in [5, 5.41) is 1.94. The van der Waals surface area contributed by atoms with Crippen LogP contribution in [0.3, 0.4) is 0 Å². The first-order valence-electron chi connectivity index (χ1n) is 8.15. The lowest BCUT2D eigenvalue weighted by Gasteiger charge is -2.31. The van der Waals surface area contributed by atoms with E-state index in [1.165, 1.54) is 19.3 Å². The second kappa shape index (κ2) is 7.33. The molecule has 1 aromatic carbocycles. The molecule has 120 valence electrons. The Morgan fingerprint density at radius 2 is 1.74 bits per heavy atom. The van der Waals surface area contributed by atoms with Crippen molar-refractivity contribution in [3.05, 3.63) is 48.3 Å². The van der Waals surface area contributed by atoms with Crippen LogP contribution in [-0.2, 0) is 0 Å². The first-order chi connectivity index (χ1) is 11.2. The van der Waals surface area contributed by atoms with Crippen molar-refractivity contribution in [1.82, 2.24) is 20.4 Å². The van der Waals surface area contributed by atoms with Gasteiger partial charge in [-0.3, -0.25) is 10.2 Å². The molecule has 0 aliphatic heterocycles. The van der Waals surface area contributed by atoms with Crippen molar-refractivity contribution >= 4 is 5.91 Å². The van der Waals surface area contributed by atoms with Gasteiger partial charge in [0.15, 0.2) is 5.82 Å². The monoisotopic (exact) mass is 310 g/mol. The van der Waals surface area contributed by atoms with Gasteiger partial charge in [-0.2, -0.15) is 0 Å². The first kappa shape index (κ1) is 15.6. The lowest BCUT2D eigenvalue weighted by molar-refractivity contribution is 0.0710. The van der Waals surface area contributed by atoms with Crippen molar-refractivity contribution < 1.29 is 4.79 Å². The van der Waals surface area contributed by atoms with Gasteiger partial charge in [0.25, 0.3) is 5.91 Å². The van der Waals surface area contributed by atoms with E-state index < -0.39 is 0 Å². The highest BCUT2D eigenvalue weighted by atomic mass is 16.2. The summed E-state index contributed by atoms with van der Waals surface area (Å²) in [6.45, 7) is 0. The molecule has 5 heteroatoms. The molecule has 23 heavy (non-hydrogen) atoms. The molecular formula is C18H22N4O. The van der Waals surface area contributed by atoms with Gasteiger partial charge in [-0.1, -0.05) is 49.6 Å². The number of benzene rings is 1. The molecule has 0 atom stereocenters. The number of hydrogen-bond donors (Lipinski definition) is 1. The fourth-order valence-corrected chi connectivity index (χ4v) is 2.97. The van der Waals surface area contributed by atoms with E-state index in [4.69, 9.17) is 0 Å². The molecule has 1 N–H and O–H groups in total. The van der Waals surface area contributed by atoms with E-state index in [0.717, 1.165) is 18.4 Å². The number of nitrogens with one attached hydrogen (secondary N) is 1. The number of nitrogens with zero attached hydrogens (tertiary/aromatic N) is 3. The molecule has 1 saturated carbocycles. The zero-order chi connectivity index (χ0) is 16.1. The van der Waals surface area contributed by atoms with Crippen molar-refractivity contribution in [3.63, 3.8) is 0 Å². The number of hydrazine groups is 1. The third kappa shape index (κ3) is 3.93. The van der Waals surface area contributed by atoms with Crippen LogP contribution < -0.4 is 5.43 Å². The number of aromatic nitrogens is 2. The molecule has 3 rings (SSSR count). The minimum absolute atomic E-state index is 0.155. The van der Waals surface area contributed by atoms with Gasteiger partial charge < -0.3 is 0 Å². The molecule has 2 aromatic rings. The Balaban J connectivity index is 1.63. The summed E-state index contributed by atoms with van der Waals surface area (Å²) in [6, 6.07) is 10.2. The van der Waals surface area contributed by atoms with Gasteiger partial charge in [-0.05, 0) is 12.8 Å². The number of rotatable bonds is 4. The third-order valence-corrected chi connectivity index (χ3v) is 4.35. The average Bonchev–Trinajstić information content (AvgIpc) is 2.63. The van der Waals surface area contributed by atoms with E-state index in [2.05, 4.69) is 15.4 Å². The van der Waals surface area contributed by atoms with Gasteiger partial charge in [0.05, 0.1) is 5.56 Å². The number of carbonyl (C=O) groups excluding carboxylic acids is 1. The van der Waals surface area contributed by atoms with E-state index in [-0.39, 0.29) is 5.91 Å². The van der Waals surface area contributed by atoms with Crippen molar-refractivity contribution in [2.45, 2.75) is 38.1 Å². The van der Waals surface area contributed by atoms with Crippen LogP contribution in [-0.4, -0.2) is 34.0 Å². The highest BCUT2D eigenvalue weighted by Crippen LogP contribution is 2.20. The Bertz CT molecular complexity index is 636. The topological polar surface area (TPSA) is 58.1 Å². The molecule has 1 amide bonds. The Kier molecular flexibility index (Phi) is 4.98. The lowest BCUT2D eigenvalue weighted by Crippen LogP contribution is -2.46. The van der Waals surface area contributed by atoms with Crippen LogP contribution in [0.15, 0.2) is 42.7 Å². The maximum Gasteiger partial charge on any atom is 0.268 e. The molecule has 1 aromatic heterocycles. The highest BCUT2D eigenvalue weighted by Gasteiger charge is 2.20. The normalized spacial score (nSPS) is 15.6. The van der Waals surface area contributed by atoms with Gasteiger partial charge in [-0.15, -0.1) is 0 Å². The van der Waals surface area contributed by atoms with Gasteiger partial charge in [0.1, 0.15) is 0 Å². The molecule has 1 heterocycles. The van der Waals surface area contributed by atoms with Crippen molar-refractivity contribution in [2.75, 3.05) is 7.05 Å². The maximum atomic E-state index is 12.3. The van der Waals surface area contributed by atoms with E-state index in [9.17, 15) is 4.79 Å². The van der Waals surface area contributed by atoms with Gasteiger partial charge >= 0.3 is 0 Å². The second-order valence-corrected chi connectivity index (χ2v) is 6.01. The quantitative estimate of drug-likeness (QED) is 0.882. The van der Waals surface area contributed by atoms with Crippen LogP contribution in [0.2, 0.25) is 0 Å². The lowest BCUT2D eigenvalue weighted by atomic mass is 9.95. The van der Waals surface area contributed by atoms with E-state index in [1.54, 1.807) is 12.4 Å². The number of amides is 1. The summed E-state index contributed by atoms with van der Waals surface area (Å²) >= 11 is 0. The first-order valence-corrected chi connectivity index (χ1v) is 8.15. The minimum atomic E-state index is -0.155. The molecule has 0 unspecified atom stereocenters. The third-order valence-electron chi connectivity index (χ3n) is 4.35. The molecule has 0 radical (unpaired) electrons. The molecule has 0 spiro atoms. The summed E-state index contributed by atoms with van der Waals surface area (Å²) in [7, 11) is 1.94. The van der Waals surface area contributed by atoms with Crippen LogP contribution in [0.5, 0.6) is 0 Å². The van der Waals surface area contributed by atoms with E-state index in [0.29, 0.717) is 17.4 Å². The fraction of sp³-hybridized carbons (Fsp3) is 0.389. The minimum Gasteiger partial charge on any atom is -0.285 e. The summed E-state index contributed by atoms with van der Waals surface area (Å²) in [5.41, 5.74) is 4.36. The maximum absolute atomic E-state index is 12.3. The summed E-state index contributed by atoms with van der Waals surface area (Å²) < 4.78 is 0. The second-order valence-electron chi connectivity index (χ2n) is 6.01.